The molecule has 0 amide bonds. The Morgan fingerprint density at radius 2 is 1.82 bits per heavy atom. The Morgan fingerprint density at radius 3 is 2.50 bits per heavy atom. The summed E-state index contributed by atoms with van der Waals surface area (Å²) in [6, 6.07) is 13.2. The number of benzene rings is 2. The number of carbonyl (C=O) groups is 2. The molecule has 0 saturated heterocycles. The number of allylic oxidation sites excluding steroid dienone is 1. The van der Waals surface area contributed by atoms with Crippen molar-refractivity contribution >= 4 is 11.9 Å². The van der Waals surface area contributed by atoms with Gasteiger partial charge in [0.15, 0.2) is 11.5 Å². The zero-order valence-corrected chi connectivity index (χ0v) is 20.1. The van der Waals surface area contributed by atoms with Gasteiger partial charge in [-0.15, -0.1) is 0 Å². The van der Waals surface area contributed by atoms with Crippen molar-refractivity contribution in [1.29, 1.82) is 0 Å². The molecule has 0 aliphatic carbocycles. The highest BCUT2D eigenvalue weighted by Crippen LogP contribution is 2.46. The highest BCUT2D eigenvalue weighted by atomic mass is 16.5. The number of hydrogen-bond acceptors (Lipinski definition) is 7. The Labute approximate surface area is 199 Å². The maximum atomic E-state index is 13.5. The molecule has 0 radical (unpaired) electrons. The average molecular weight is 464 g/mol. The van der Waals surface area contributed by atoms with Crippen molar-refractivity contribution in [3.05, 3.63) is 81.7 Å². The number of aryl methyl sites for hydroxylation is 1. The summed E-state index contributed by atoms with van der Waals surface area (Å²) in [4.78, 5) is 26.4. The van der Waals surface area contributed by atoms with Crippen LogP contribution in [0.25, 0.3) is 0 Å². The van der Waals surface area contributed by atoms with E-state index < -0.39 is 24.0 Å². The number of dihydropyridines is 1. The van der Waals surface area contributed by atoms with Gasteiger partial charge in [0.05, 0.1) is 37.9 Å². The van der Waals surface area contributed by atoms with Gasteiger partial charge in [0, 0.05) is 17.8 Å². The SMILES string of the molecule is CCOC(=O)C1=C(C)NC2=C(C(=O)OC(c3ccc(OC)c(OC)c3)C2)C1c1ccccc1C. The maximum Gasteiger partial charge on any atom is 0.337 e. The van der Waals surface area contributed by atoms with Crippen LogP contribution in [-0.2, 0) is 19.1 Å². The third kappa shape index (κ3) is 4.14. The number of cyclic esters (lactones) is 1. The summed E-state index contributed by atoms with van der Waals surface area (Å²) in [6.45, 7) is 5.82. The van der Waals surface area contributed by atoms with Gasteiger partial charge in [0.25, 0.3) is 0 Å². The summed E-state index contributed by atoms with van der Waals surface area (Å²) in [5.74, 6) is -0.319. The molecule has 2 aliphatic rings. The van der Waals surface area contributed by atoms with E-state index in [1.165, 1.54) is 0 Å². The second-order valence-electron chi connectivity index (χ2n) is 8.28. The van der Waals surface area contributed by atoms with Crippen LogP contribution in [0, 0.1) is 6.92 Å². The first-order valence-electron chi connectivity index (χ1n) is 11.3. The number of carbonyl (C=O) groups excluding carboxylic acids is 2. The number of ether oxygens (including phenoxy) is 4. The highest BCUT2D eigenvalue weighted by Gasteiger charge is 2.43. The van der Waals surface area contributed by atoms with Gasteiger partial charge in [-0.2, -0.15) is 0 Å². The standard InChI is InChI=1S/C27H29NO6/c1-6-33-26(29)23-16(3)28-19-14-21(17-11-12-20(31-4)22(13-17)32-5)34-27(30)25(19)24(23)18-10-8-7-9-15(18)2/h7-13,21,24,28H,6,14H2,1-5H3. The van der Waals surface area contributed by atoms with Gasteiger partial charge in [0.2, 0.25) is 0 Å². The van der Waals surface area contributed by atoms with Gasteiger partial charge in [-0.05, 0) is 49.6 Å². The lowest BCUT2D eigenvalue weighted by molar-refractivity contribution is -0.146. The van der Waals surface area contributed by atoms with Crippen molar-refractivity contribution in [3.63, 3.8) is 0 Å². The average Bonchev–Trinajstić information content (AvgIpc) is 2.83. The fourth-order valence-electron chi connectivity index (χ4n) is 4.66. The van der Waals surface area contributed by atoms with Crippen LogP contribution in [0.1, 0.15) is 49.0 Å². The normalized spacial score (nSPS) is 19.7. The Balaban J connectivity index is 1.79. The third-order valence-corrected chi connectivity index (χ3v) is 6.28. The molecule has 0 bridgehead atoms. The van der Waals surface area contributed by atoms with Gasteiger partial charge < -0.3 is 24.3 Å². The molecule has 0 saturated carbocycles. The van der Waals surface area contributed by atoms with Crippen LogP contribution in [-0.4, -0.2) is 32.8 Å². The molecular formula is C27H29NO6. The molecular weight excluding hydrogens is 434 g/mol. The van der Waals surface area contributed by atoms with Crippen LogP contribution in [0.15, 0.2) is 65.0 Å². The van der Waals surface area contributed by atoms with E-state index in [9.17, 15) is 9.59 Å². The van der Waals surface area contributed by atoms with Gasteiger partial charge in [0.1, 0.15) is 6.10 Å². The number of nitrogens with one attached hydrogen (secondary N) is 1. The smallest absolute Gasteiger partial charge is 0.337 e. The lowest BCUT2D eigenvalue weighted by atomic mass is 9.77. The van der Waals surface area contributed by atoms with E-state index in [4.69, 9.17) is 18.9 Å². The minimum absolute atomic E-state index is 0.244. The summed E-state index contributed by atoms with van der Waals surface area (Å²) in [6.07, 6.45) is -0.0696. The minimum Gasteiger partial charge on any atom is -0.493 e. The molecule has 2 aromatic rings. The predicted molar refractivity (Wildman–Crippen MR) is 126 cm³/mol. The quantitative estimate of drug-likeness (QED) is 0.633. The lowest BCUT2D eigenvalue weighted by Crippen LogP contribution is -2.37. The molecule has 4 rings (SSSR count). The summed E-state index contributed by atoms with van der Waals surface area (Å²) in [7, 11) is 3.14. The Kier molecular flexibility index (Phi) is 6.63. The second kappa shape index (κ2) is 9.63. The zero-order chi connectivity index (χ0) is 24.4. The fourth-order valence-corrected chi connectivity index (χ4v) is 4.66. The summed E-state index contributed by atoms with van der Waals surface area (Å²) in [5.41, 5.74) is 4.94. The van der Waals surface area contributed by atoms with E-state index in [0.717, 1.165) is 22.4 Å². The Bertz CT molecular complexity index is 1200. The van der Waals surface area contributed by atoms with Crippen LogP contribution < -0.4 is 14.8 Å². The second-order valence-corrected chi connectivity index (χ2v) is 8.28. The fraction of sp³-hybridized carbons (Fsp3) is 0.333. The van der Waals surface area contributed by atoms with Crippen molar-refractivity contribution in [2.75, 3.05) is 20.8 Å². The van der Waals surface area contributed by atoms with E-state index in [2.05, 4.69) is 5.32 Å². The van der Waals surface area contributed by atoms with Gasteiger partial charge in [-0.3, -0.25) is 0 Å². The van der Waals surface area contributed by atoms with Crippen molar-refractivity contribution in [2.24, 2.45) is 0 Å². The summed E-state index contributed by atoms with van der Waals surface area (Å²) >= 11 is 0. The van der Waals surface area contributed by atoms with E-state index in [1.54, 1.807) is 27.2 Å². The lowest BCUT2D eigenvalue weighted by Gasteiger charge is -2.37. The number of rotatable bonds is 6. The zero-order valence-electron chi connectivity index (χ0n) is 20.1. The molecule has 2 aliphatic heterocycles. The van der Waals surface area contributed by atoms with Gasteiger partial charge >= 0.3 is 11.9 Å². The molecule has 2 atom stereocenters. The van der Waals surface area contributed by atoms with E-state index in [-0.39, 0.29) is 6.61 Å². The first-order chi connectivity index (χ1) is 16.4. The molecule has 2 unspecified atom stereocenters. The predicted octanol–water partition coefficient (Wildman–Crippen LogP) is 4.48. The first-order valence-corrected chi connectivity index (χ1v) is 11.3. The van der Waals surface area contributed by atoms with Crippen molar-refractivity contribution in [1.82, 2.24) is 5.32 Å². The first kappa shape index (κ1) is 23.4. The topological polar surface area (TPSA) is 83.1 Å². The molecule has 7 heteroatoms. The van der Waals surface area contributed by atoms with Crippen molar-refractivity contribution in [2.45, 2.75) is 39.2 Å². The summed E-state index contributed by atoms with van der Waals surface area (Å²) in [5, 5.41) is 3.31. The molecule has 34 heavy (non-hydrogen) atoms. The molecule has 178 valence electrons. The largest absolute Gasteiger partial charge is 0.493 e. The van der Waals surface area contributed by atoms with Crippen LogP contribution >= 0.6 is 0 Å². The van der Waals surface area contributed by atoms with Crippen LogP contribution in [0.2, 0.25) is 0 Å². The van der Waals surface area contributed by atoms with Gasteiger partial charge in [-0.25, -0.2) is 9.59 Å². The van der Waals surface area contributed by atoms with Crippen LogP contribution in [0.3, 0.4) is 0 Å². The summed E-state index contributed by atoms with van der Waals surface area (Å²) < 4.78 is 22.0. The van der Waals surface area contributed by atoms with Crippen LogP contribution in [0.5, 0.6) is 11.5 Å². The van der Waals surface area contributed by atoms with E-state index >= 15 is 0 Å². The van der Waals surface area contributed by atoms with Crippen LogP contribution in [0.4, 0.5) is 0 Å². The number of esters is 2. The van der Waals surface area contributed by atoms with Crippen molar-refractivity contribution < 1.29 is 28.5 Å². The number of methoxy groups -OCH3 is 2. The monoisotopic (exact) mass is 463 g/mol. The molecule has 7 nitrogen and oxygen atoms in total. The van der Waals surface area contributed by atoms with E-state index in [1.807, 2.05) is 50.2 Å². The molecule has 0 aromatic heterocycles. The van der Waals surface area contributed by atoms with Gasteiger partial charge in [-0.1, -0.05) is 30.3 Å². The van der Waals surface area contributed by atoms with E-state index in [0.29, 0.717) is 34.8 Å². The molecule has 1 N–H and O–H groups in total. The number of hydrogen-bond donors (Lipinski definition) is 1. The highest BCUT2D eigenvalue weighted by molar-refractivity contribution is 6.00. The maximum absolute atomic E-state index is 13.5. The molecule has 0 spiro atoms. The minimum atomic E-state index is -0.574. The third-order valence-electron chi connectivity index (χ3n) is 6.28. The molecule has 0 fully saturated rings. The Morgan fingerprint density at radius 1 is 1.09 bits per heavy atom. The molecule has 2 aromatic carbocycles. The van der Waals surface area contributed by atoms with Crippen molar-refractivity contribution in [3.8, 4) is 11.5 Å². The molecule has 2 heterocycles. The Hall–Kier alpha value is -3.74.